The average molecular weight is 425 g/mol. The fraction of sp³-hybridized carbons (Fsp3) is 0.586. The predicted octanol–water partition coefficient (Wildman–Crippen LogP) is 8.68. The number of aryl methyl sites for hydroxylation is 1. The second-order valence-electron chi connectivity index (χ2n) is 13.1. The molecule has 2 rings (SSSR count). The summed E-state index contributed by atoms with van der Waals surface area (Å²) in [5, 5.41) is 11.4. The second-order valence-corrected chi connectivity index (χ2v) is 13.1. The highest BCUT2D eigenvalue weighted by Crippen LogP contribution is 2.49. The van der Waals surface area contributed by atoms with Crippen LogP contribution >= 0.6 is 0 Å². The Kier molecular flexibility index (Phi) is 6.42. The molecule has 0 spiro atoms. The van der Waals surface area contributed by atoms with Crippen LogP contribution in [0.4, 0.5) is 0 Å². The van der Waals surface area contributed by atoms with E-state index < -0.39 is 0 Å². The molecule has 2 nitrogen and oxygen atoms in total. The number of benzene rings is 2. The topological polar surface area (TPSA) is 29.5 Å². The van der Waals surface area contributed by atoms with Crippen molar-refractivity contribution >= 4 is 0 Å². The maximum atomic E-state index is 11.4. The zero-order chi connectivity index (χ0) is 24.2. The smallest absolute Gasteiger partial charge is 0.137 e. The van der Waals surface area contributed by atoms with Crippen molar-refractivity contribution in [1.82, 2.24) is 0 Å². The van der Waals surface area contributed by atoms with Crippen LogP contribution in [-0.4, -0.2) is 5.11 Å². The van der Waals surface area contributed by atoms with E-state index in [1.165, 1.54) is 11.1 Å². The Morgan fingerprint density at radius 3 is 1.39 bits per heavy atom. The van der Waals surface area contributed by atoms with Crippen LogP contribution in [0.3, 0.4) is 0 Å². The summed E-state index contributed by atoms with van der Waals surface area (Å²) in [6, 6.07) is 8.56. The summed E-state index contributed by atoms with van der Waals surface area (Å²) in [4.78, 5) is 0. The van der Waals surface area contributed by atoms with Crippen LogP contribution in [0.1, 0.15) is 111 Å². The summed E-state index contributed by atoms with van der Waals surface area (Å²) in [6.07, 6.45) is 0. The Balaban J connectivity index is 2.92. The van der Waals surface area contributed by atoms with Gasteiger partial charge >= 0.3 is 0 Å². The van der Waals surface area contributed by atoms with Gasteiger partial charge in [0.25, 0.3) is 0 Å². The zero-order valence-electron chi connectivity index (χ0n) is 22.2. The number of hydrogen-bond acceptors (Lipinski definition) is 2. The number of rotatable bonds is 2. The molecule has 0 amide bonds. The minimum absolute atomic E-state index is 0.0697. The summed E-state index contributed by atoms with van der Waals surface area (Å²) in [7, 11) is 0. The van der Waals surface area contributed by atoms with Crippen LogP contribution in [0.5, 0.6) is 17.2 Å². The highest BCUT2D eigenvalue weighted by Gasteiger charge is 2.33. The highest BCUT2D eigenvalue weighted by atomic mass is 16.5. The van der Waals surface area contributed by atoms with Gasteiger partial charge in [0.15, 0.2) is 0 Å². The van der Waals surface area contributed by atoms with Gasteiger partial charge in [-0.2, -0.15) is 0 Å². The minimum Gasteiger partial charge on any atom is -0.507 e. The summed E-state index contributed by atoms with van der Waals surface area (Å²) in [6.45, 7) is 28.3. The van der Waals surface area contributed by atoms with Gasteiger partial charge in [0, 0.05) is 22.3 Å². The van der Waals surface area contributed by atoms with Crippen LogP contribution in [0.2, 0.25) is 0 Å². The van der Waals surface area contributed by atoms with Crippen molar-refractivity contribution in [2.24, 2.45) is 0 Å². The lowest BCUT2D eigenvalue weighted by Crippen LogP contribution is -2.21. The van der Waals surface area contributed by atoms with E-state index in [0.717, 1.165) is 28.2 Å². The van der Waals surface area contributed by atoms with Crippen molar-refractivity contribution in [3.8, 4) is 17.2 Å². The molecule has 0 aliphatic rings. The molecular formula is C29H44O2. The molecule has 2 aromatic carbocycles. The van der Waals surface area contributed by atoms with Crippen LogP contribution in [0, 0.1) is 6.92 Å². The molecule has 2 aromatic rings. The van der Waals surface area contributed by atoms with Crippen LogP contribution in [-0.2, 0) is 21.7 Å². The second kappa shape index (κ2) is 7.87. The van der Waals surface area contributed by atoms with Gasteiger partial charge in [-0.15, -0.1) is 0 Å². The first-order chi connectivity index (χ1) is 13.8. The van der Waals surface area contributed by atoms with E-state index in [2.05, 4.69) is 114 Å². The van der Waals surface area contributed by atoms with Crippen LogP contribution in [0.25, 0.3) is 0 Å². The number of phenols is 1. The number of hydrogen-bond donors (Lipinski definition) is 1. The molecule has 0 aliphatic carbocycles. The van der Waals surface area contributed by atoms with Gasteiger partial charge in [-0.25, -0.2) is 0 Å². The summed E-state index contributed by atoms with van der Waals surface area (Å²) in [5.74, 6) is 2.05. The SMILES string of the molecule is Cc1cc(C(C)(C)C)c(O)c(C(C)(C)C)c1Oc1c(C(C)(C)C)cccc1C(C)(C)C. The van der Waals surface area contributed by atoms with E-state index in [1.54, 1.807) is 0 Å². The lowest BCUT2D eigenvalue weighted by Gasteiger charge is -2.33. The fourth-order valence-electron chi connectivity index (χ4n) is 4.12. The predicted molar refractivity (Wildman–Crippen MR) is 134 cm³/mol. The Bertz CT molecular complexity index is 920. The van der Waals surface area contributed by atoms with E-state index in [4.69, 9.17) is 4.74 Å². The van der Waals surface area contributed by atoms with E-state index in [-0.39, 0.29) is 21.7 Å². The third-order valence-corrected chi connectivity index (χ3v) is 5.83. The van der Waals surface area contributed by atoms with Gasteiger partial charge in [-0.05, 0) is 40.2 Å². The normalized spacial score (nSPS) is 13.5. The fourth-order valence-corrected chi connectivity index (χ4v) is 4.12. The van der Waals surface area contributed by atoms with Crippen molar-refractivity contribution in [2.45, 2.75) is 112 Å². The number of ether oxygens (including phenoxy) is 1. The third kappa shape index (κ3) is 5.27. The molecule has 172 valence electrons. The molecule has 0 saturated carbocycles. The molecule has 0 aliphatic heterocycles. The largest absolute Gasteiger partial charge is 0.507 e. The number of phenolic OH excluding ortho intramolecular Hbond substituents is 1. The van der Waals surface area contributed by atoms with Gasteiger partial charge in [-0.1, -0.05) is 101 Å². The Morgan fingerprint density at radius 1 is 0.613 bits per heavy atom. The lowest BCUT2D eigenvalue weighted by atomic mass is 9.77. The molecule has 2 heteroatoms. The summed E-state index contributed by atoms with van der Waals surface area (Å²) >= 11 is 0. The molecule has 0 aromatic heterocycles. The van der Waals surface area contributed by atoms with Gasteiger partial charge in [0.2, 0.25) is 0 Å². The summed E-state index contributed by atoms with van der Waals surface area (Å²) in [5.41, 5.74) is 4.67. The zero-order valence-corrected chi connectivity index (χ0v) is 22.2. The first-order valence-corrected chi connectivity index (χ1v) is 11.5. The lowest BCUT2D eigenvalue weighted by molar-refractivity contribution is 0.388. The van der Waals surface area contributed by atoms with E-state index in [0.29, 0.717) is 5.75 Å². The molecule has 0 saturated heterocycles. The monoisotopic (exact) mass is 424 g/mol. The maximum Gasteiger partial charge on any atom is 0.137 e. The molecule has 31 heavy (non-hydrogen) atoms. The molecule has 0 radical (unpaired) electrons. The molecule has 0 heterocycles. The van der Waals surface area contributed by atoms with Crippen molar-refractivity contribution in [3.63, 3.8) is 0 Å². The van der Waals surface area contributed by atoms with Gasteiger partial charge in [0.05, 0.1) is 0 Å². The molecule has 0 fully saturated rings. The first kappa shape index (κ1) is 25.3. The van der Waals surface area contributed by atoms with E-state index >= 15 is 0 Å². The Hall–Kier alpha value is -1.96. The van der Waals surface area contributed by atoms with E-state index in [9.17, 15) is 5.11 Å². The standard InChI is InChI=1S/C29H44O2/c1-18-17-21(28(8,9)10)23(30)22(29(11,12)13)24(18)31-25-19(26(2,3)4)15-14-16-20(25)27(5,6)7/h14-17,30H,1-13H3. The maximum absolute atomic E-state index is 11.4. The average Bonchev–Trinajstić information content (AvgIpc) is 2.53. The number of aromatic hydroxyl groups is 1. The first-order valence-electron chi connectivity index (χ1n) is 11.5. The van der Waals surface area contributed by atoms with Crippen molar-refractivity contribution in [3.05, 3.63) is 52.1 Å². The third-order valence-electron chi connectivity index (χ3n) is 5.83. The molecular weight excluding hydrogens is 380 g/mol. The van der Waals surface area contributed by atoms with Gasteiger partial charge < -0.3 is 9.84 Å². The quantitative estimate of drug-likeness (QED) is 0.522. The van der Waals surface area contributed by atoms with Crippen LogP contribution < -0.4 is 4.74 Å². The molecule has 0 unspecified atom stereocenters. The van der Waals surface area contributed by atoms with E-state index in [1.807, 2.05) is 0 Å². The van der Waals surface area contributed by atoms with Crippen molar-refractivity contribution in [1.29, 1.82) is 0 Å². The highest BCUT2D eigenvalue weighted by molar-refractivity contribution is 5.61. The Labute approximate surface area is 191 Å². The molecule has 0 bridgehead atoms. The minimum atomic E-state index is -0.274. The van der Waals surface area contributed by atoms with Gasteiger partial charge in [-0.3, -0.25) is 0 Å². The Morgan fingerprint density at radius 2 is 1.03 bits per heavy atom. The van der Waals surface area contributed by atoms with Crippen molar-refractivity contribution < 1.29 is 9.84 Å². The van der Waals surface area contributed by atoms with Gasteiger partial charge in [0.1, 0.15) is 17.2 Å². The molecule has 0 atom stereocenters. The van der Waals surface area contributed by atoms with Crippen molar-refractivity contribution in [2.75, 3.05) is 0 Å². The van der Waals surface area contributed by atoms with Crippen LogP contribution in [0.15, 0.2) is 24.3 Å². The molecule has 1 N–H and O–H groups in total. The summed E-state index contributed by atoms with van der Waals surface area (Å²) < 4.78 is 6.87. The number of para-hydroxylation sites is 1.